The fourth-order valence-corrected chi connectivity index (χ4v) is 1.75. The van der Waals surface area contributed by atoms with Crippen LogP contribution in [0.3, 0.4) is 0 Å². The zero-order valence-corrected chi connectivity index (χ0v) is 10.7. The summed E-state index contributed by atoms with van der Waals surface area (Å²) in [7, 11) is 0. The van der Waals surface area contributed by atoms with Crippen LogP contribution in [-0.2, 0) is 4.74 Å². The van der Waals surface area contributed by atoms with Crippen molar-refractivity contribution in [2.75, 3.05) is 13.2 Å². The lowest BCUT2D eigenvalue weighted by atomic mass is 10.2. The van der Waals surface area contributed by atoms with Gasteiger partial charge in [-0.05, 0) is 18.2 Å². The average molecular weight is 280 g/mol. The second-order valence-corrected chi connectivity index (χ2v) is 4.10. The van der Waals surface area contributed by atoms with Crippen LogP contribution in [0.15, 0.2) is 42.6 Å². The predicted octanol–water partition coefficient (Wildman–Crippen LogP) is 2.73. The number of carbonyl (C=O) groups is 1. The van der Waals surface area contributed by atoms with E-state index < -0.39 is 13.0 Å². The van der Waals surface area contributed by atoms with Crippen molar-refractivity contribution in [1.82, 2.24) is 9.78 Å². The van der Waals surface area contributed by atoms with Gasteiger partial charge in [0.05, 0.1) is 18.5 Å². The third kappa shape index (κ3) is 3.71. The largest absolute Gasteiger partial charge is 0.375 e. The van der Waals surface area contributed by atoms with Gasteiger partial charge in [0.2, 0.25) is 0 Å². The van der Waals surface area contributed by atoms with E-state index in [-0.39, 0.29) is 18.8 Å². The molecule has 0 radical (unpaired) electrons. The fourth-order valence-electron chi connectivity index (χ4n) is 1.75. The van der Waals surface area contributed by atoms with Gasteiger partial charge in [0.25, 0.3) is 6.43 Å². The highest BCUT2D eigenvalue weighted by molar-refractivity contribution is 5.95. The number of halogens is 2. The number of ether oxygens (including phenoxy) is 1. The van der Waals surface area contributed by atoms with Crippen LogP contribution in [0.2, 0.25) is 0 Å². The molecule has 0 atom stereocenters. The number of Topliss-reactive ketones (excluding diaryl/α,β-unsaturated/α-hetero) is 1. The van der Waals surface area contributed by atoms with Gasteiger partial charge in [0.15, 0.2) is 5.78 Å². The van der Waals surface area contributed by atoms with Crippen LogP contribution >= 0.6 is 0 Å². The lowest BCUT2D eigenvalue weighted by molar-refractivity contribution is 0.0169. The zero-order chi connectivity index (χ0) is 14.4. The summed E-state index contributed by atoms with van der Waals surface area (Å²) >= 11 is 0. The molecule has 20 heavy (non-hydrogen) atoms. The Morgan fingerprint density at radius 3 is 2.70 bits per heavy atom. The second-order valence-electron chi connectivity index (χ2n) is 4.10. The second kappa shape index (κ2) is 6.91. The molecular weight excluding hydrogens is 266 g/mol. The fraction of sp³-hybridized carbons (Fsp3) is 0.286. The van der Waals surface area contributed by atoms with Crippen LogP contribution in [-0.4, -0.2) is 35.2 Å². The van der Waals surface area contributed by atoms with Gasteiger partial charge in [0, 0.05) is 6.42 Å². The van der Waals surface area contributed by atoms with Crippen molar-refractivity contribution in [2.45, 2.75) is 12.8 Å². The number of carbonyl (C=O) groups excluding carboxylic acids is 1. The Kier molecular flexibility index (Phi) is 4.95. The maximum Gasteiger partial charge on any atom is 0.261 e. The van der Waals surface area contributed by atoms with Crippen molar-refractivity contribution in [1.29, 1.82) is 0 Å². The Bertz CT molecular complexity index is 555. The molecule has 2 rings (SSSR count). The number of nitrogens with zero attached hydrogens (tertiary/aromatic N) is 2. The van der Waals surface area contributed by atoms with Gasteiger partial charge < -0.3 is 4.74 Å². The molecule has 0 N–H and O–H groups in total. The smallest absolute Gasteiger partial charge is 0.261 e. The molecule has 0 spiro atoms. The summed E-state index contributed by atoms with van der Waals surface area (Å²) in [5.41, 5.74) is 1.19. The minimum Gasteiger partial charge on any atom is -0.375 e. The molecule has 2 aromatic rings. The first-order chi connectivity index (χ1) is 9.68. The summed E-state index contributed by atoms with van der Waals surface area (Å²) < 4.78 is 30.0. The number of ketones is 1. The zero-order valence-electron chi connectivity index (χ0n) is 10.7. The molecule has 0 saturated carbocycles. The summed E-state index contributed by atoms with van der Waals surface area (Å²) in [6, 6.07) is 10.8. The Morgan fingerprint density at radius 1 is 1.25 bits per heavy atom. The summed E-state index contributed by atoms with van der Waals surface area (Å²) in [4.78, 5) is 12.0. The molecule has 0 aliphatic carbocycles. The monoisotopic (exact) mass is 280 g/mol. The molecule has 1 heterocycles. The minimum atomic E-state index is -2.51. The van der Waals surface area contributed by atoms with E-state index in [0.717, 1.165) is 5.69 Å². The van der Waals surface area contributed by atoms with Crippen LogP contribution in [0.1, 0.15) is 16.9 Å². The highest BCUT2D eigenvalue weighted by Gasteiger charge is 2.13. The number of benzene rings is 1. The van der Waals surface area contributed by atoms with Crippen molar-refractivity contribution in [3.8, 4) is 5.69 Å². The van der Waals surface area contributed by atoms with Crippen LogP contribution in [0.25, 0.3) is 5.69 Å². The lowest BCUT2D eigenvalue weighted by Crippen LogP contribution is -2.13. The molecule has 0 aliphatic heterocycles. The Balaban J connectivity index is 1.99. The van der Waals surface area contributed by atoms with Crippen molar-refractivity contribution < 1.29 is 18.3 Å². The summed E-state index contributed by atoms with van der Waals surface area (Å²) in [5, 5.41) is 4.10. The quantitative estimate of drug-likeness (QED) is 0.578. The maximum atomic E-state index is 12.0. The van der Waals surface area contributed by atoms with Crippen molar-refractivity contribution in [2.24, 2.45) is 0 Å². The molecule has 0 fully saturated rings. The molecule has 1 aromatic heterocycles. The number of aromatic nitrogens is 2. The van der Waals surface area contributed by atoms with E-state index in [2.05, 4.69) is 5.10 Å². The number of rotatable bonds is 7. The topological polar surface area (TPSA) is 44.1 Å². The van der Waals surface area contributed by atoms with Crippen molar-refractivity contribution in [3.63, 3.8) is 0 Å². The highest BCUT2D eigenvalue weighted by Crippen LogP contribution is 2.11. The number of para-hydroxylation sites is 1. The van der Waals surface area contributed by atoms with Gasteiger partial charge >= 0.3 is 0 Å². The van der Waals surface area contributed by atoms with Gasteiger partial charge in [-0.2, -0.15) is 5.10 Å². The Labute approximate surface area is 115 Å². The Hall–Kier alpha value is -2.08. The minimum absolute atomic E-state index is 0.0247. The molecule has 4 nitrogen and oxygen atoms in total. The summed E-state index contributed by atoms with van der Waals surface area (Å²) in [6.07, 6.45) is -0.939. The SMILES string of the molecule is O=C(CCOCC(F)F)c1ccnn1-c1ccccc1. The molecule has 0 aliphatic rings. The normalized spacial score (nSPS) is 10.9. The van der Waals surface area contributed by atoms with Gasteiger partial charge in [-0.15, -0.1) is 0 Å². The lowest BCUT2D eigenvalue weighted by Gasteiger charge is -2.07. The van der Waals surface area contributed by atoms with Crippen LogP contribution in [0.5, 0.6) is 0 Å². The summed E-state index contributed by atoms with van der Waals surface area (Å²) in [6.45, 7) is -0.672. The molecule has 0 bridgehead atoms. The van der Waals surface area contributed by atoms with Gasteiger partial charge in [0.1, 0.15) is 12.3 Å². The number of hydrogen-bond donors (Lipinski definition) is 0. The average Bonchev–Trinajstić information content (AvgIpc) is 2.93. The van der Waals surface area contributed by atoms with E-state index in [1.54, 1.807) is 6.07 Å². The molecular formula is C14H14F2N2O2. The van der Waals surface area contributed by atoms with Gasteiger partial charge in [-0.3, -0.25) is 4.79 Å². The first-order valence-electron chi connectivity index (χ1n) is 6.17. The molecule has 106 valence electrons. The van der Waals surface area contributed by atoms with Crippen LogP contribution in [0.4, 0.5) is 8.78 Å². The van der Waals surface area contributed by atoms with E-state index in [0.29, 0.717) is 5.69 Å². The van der Waals surface area contributed by atoms with Crippen molar-refractivity contribution in [3.05, 3.63) is 48.3 Å². The van der Waals surface area contributed by atoms with E-state index in [1.807, 2.05) is 30.3 Å². The third-order valence-electron chi connectivity index (χ3n) is 2.65. The van der Waals surface area contributed by atoms with Crippen molar-refractivity contribution >= 4 is 5.78 Å². The van der Waals surface area contributed by atoms with E-state index in [4.69, 9.17) is 4.74 Å². The van der Waals surface area contributed by atoms with E-state index >= 15 is 0 Å². The molecule has 1 aromatic carbocycles. The summed E-state index contributed by atoms with van der Waals surface area (Å²) in [5.74, 6) is -0.194. The van der Waals surface area contributed by atoms with E-state index in [9.17, 15) is 13.6 Å². The molecule has 0 amide bonds. The molecule has 0 unspecified atom stereocenters. The third-order valence-corrected chi connectivity index (χ3v) is 2.65. The molecule has 0 saturated heterocycles. The molecule has 6 heteroatoms. The standard InChI is InChI=1S/C14H14F2N2O2/c15-14(16)10-20-9-7-13(19)12-6-8-17-18(12)11-4-2-1-3-5-11/h1-6,8,14H,7,9-10H2. The predicted molar refractivity (Wildman–Crippen MR) is 69.3 cm³/mol. The van der Waals surface area contributed by atoms with Crippen LogP contribution < -0.4 is 0 Å². The van der Waals surface area contributed by atoms with Gasteiger partial charge in [-0.1, -0.05) is 18.2 Å². The highest BCUT2D eigenvalue weighted by atomic mass is 19.3. The Morgan fingerprint density at radius 2 is 2.00 bits per heavy atom. The van der Waals surface area contributed by atoms with E-state index in [1.165, 1.54) is 10.9 Å². The maximum absolute atomic E-state index is 12.0. The van der Waals surface area contributed by atoms with Gasteiger partial charge in [-0.25, -0.2) is 13.5 Å². The number of alkyl halides is 2. The van der Waals surface area contributed by atoms with Crippen LogP contribution in [0, 0.1) is 0 Å². The first-order valence-corrected chi connectivity index (χ1v) is 6.17. The number of hydrogen-bond acceptors (Lipinski definition) is 3. The first kappa shape index (κ1) is 14.3.